The van der Waals surface area contributed by atoms with E-state index < -0.39 is 5.60 Å². The fourth-order valence-electron chi connectivity index (χ4n) is 1.19. The Morgan fingerprint density at radius 3 is 2.42 bits per heavy atom. The van der Waals surface area contributed by atoms with Gasteiger partial charge in [-0.3, -0.25) is 0 Å². The minimum atomic E-state index is -0.860. The van der Waals surface area contributed by atoms with E-state index in [1.165, 1.54) is 0 Å². The number of hydrogen-bond acceptors (Lipinski definition) is 1. The summed E-state index contributed by atoms with van der Waals surface area (Å²) in [6, 6.07) is 9.58. The Kier molecular flexibility index (Phi) is 2.66. The van der Waals surface area contributed by atoms with Crippen molar-refractivity contribution in [2.75, 3.05) is 0 Å². The molecular formula is C11H14O. The van der Waals surface area contributed by atoms with Crippen molar-refractivity contribution in [3.05, 3.63) is 48.6 Å². The molecule has 0 bridgehead atoms. The van der Waals surface area contributed by atoms with Crippen LogP contribution in [0.5, 0.6) is 0 Å². The van der Waals surface area contributed by atoms with Gasteiger partial charge in [-0.05, 0) is 12.0 Å². The Balaban J connectivity index is 3.03. The Morgan fingerprint density at radius 1 is 1.42 bits per heavy atom. The maximum absolute atomic E-state index is 9.98. The summed E-state index contributed by atoms with van der Waals surface area (Å²) in [5, 5.41) is 9.98. The van der Waals surface area contributed by atoms with Gasteiger partial charge in [0.15, 0.2) is 0 Å². The first kappa shape index (κ1) is 9.01. The van der Waals surface area contributed by atoms with Crippen molar-refractivity contribution in [2.45, 2.75) is 18.9 Å². The largest absolute Gasteiger partial charge is 0.381 e. The highest BCUT2D eigenvalue weighted by Gasteiger charge is 2.21. The third-order valence-corrected chi connectivity index (χ3v) is 2.15. The Hall–Kier alpha value is -1.08. The molecule has 0 saturated carbocycles. The van der Waals surface area contributed by atoms with Crippen molar-refractivity contribution in [2.24, 2.45) is 0 Å². The molecule has 1 aromatic rings. The molecule has 1 nitrogen and oxygen atoms in total. The Labute approximate surface area is 73.4 Å². The lowest BCUT2D eigenvalue weighted by Crippen LogP contribution is -2.20. The van der Waals surface area contributed by atoms with Crippen molar-refractivity contribution >= 4 is 0 Å². The third-order valence-electron chi connectivity index (χ3n) is 2.15. The van der Waals surface area contributed by atoms with E-state index in [0.717, 1.165) is 5.56 Å². The molecule has 0 aliphatic rings. The van der Waals surface area contributed by atoms with Crippen molar-refractivity contribution in [1.29, 1.82) is 0 Å². The van der Waals surface area contributed by atoms with Gasteiger partial charge in [0.2, 0.25) is 0 Å². The highest BCUT2D eigenvalue weighted by molar-refractivity contribution is 5.26. The molecule has 1 rings (SSSR count). The Morgan fingerprint density at radius 2 is 2.00 bits per heavy atom. The van der Waals surface area contributed by atoms with Gasteiger partial charge in [-0.1, -0.05) is 49.9 Å². The molecule has 0 radical (unpaired) electrons. The maximum Gasteiger partial charge on any atom is 0.107 e. The first-order valence-corrected chi connectivity index (χ1v) is 4.14. The van der Waals surface area contributed by atoms with Gasteiger partial charge in [0.25, 0.3) is 0 Å². The minimum Gasteiger partial charge on any atom is -0.381 e. The molecule has 12 heavy (non-hydrogen) atoms. The van der Waals surface area contributed by atoms with Gasteiger partial charge in [-0.15, -0.1) is 0 Å². The van der Waals surface area contributed by atoms with E-state index in [-0.39, 0.29) is 0 Å². The summed E-state index contributed by atoms with van der Waals surface area (Å²) in [4.78, 5) is 0. The van der Waals surface area contributed by atoms with Crippen LogP contribution in [-0.4, -0.2) is 5.11 Å². The van der Waals surface area contributed by atoms with Crippen LogP contribution in [0.15, 0.2) is 43.0 Å². The van der Waals surface area contributed by atoms with Crippen LogP contribution in [0.4, 0.5) is 0 Å². The number of rotatable bonds is 3. The number of aliphatic hydroxyl groups is 1. The van der Waals surface area contributed by atoms with E-state index in [1.54, 1.807) is 6.08 Å². The minimum absolute atomic E-state index is 0.653. The molecule has 0 spiro atoms. The summed E-state index contributed by atoms with van der Waals surface area (Å²) in [5.41, 5.74) is 0.0452. The summed E-state index contributed by atoms with van der Waals surface area (Å²) in [6.07, 6.45) is 2.24. The van der Waals surface area contributed by atoms with E-state index in [0.29, 0.717) is 6.42 Å². The number of benzene rings is 1. The number of hydrogen-bond donors (Lipinski definition) is 1. The molecule has 1 atom stereocenters. The lowest BCUT2D eigenvalue weighted by Gasteiger charge is -2.22. The maximum atomic E-state index is 9.98. The lowest BCUT2D eigenvalue weighted by atomic mass is 9.91. The lowest BCUT2D eigenvalue weighted by molar-refractivity contribution is 0.0856. The average Bonchev–Trinajstić information content (AvgIpc) is 2.18. The van der Waals surface area contributed by atoms with Crippen molar-refractivity contribution in [3.63, 3.8) is 0 Å². The van der Waals surface area contributed by atoms with Crippen LogP contribution in [0.2, 0.25) is 0 Å². The van der Waals surface area contributed by atoms with Gasteiger partial charge in [-0.25, -0.2) is 0 Å². The first-order chi connectivity index (χ1) is 5.73. The second-order valence-corrected chi connectivity index (χ2v) is 2.85. The standard InChI is InChI=1S/C11H14O/c1-3-11(12,4-2)10-8-6-5-7-9-10/h3,5-9,12H,1,4H2,2H3. The molecular weight excluding hydrogens is 148 g/mol. The zero-order valence-electron chi connectivity index (χ0n) is 7.33. The molecule has 1 heteroatoms. The van der Waals surface area contributed by atoms with Crippen molar-refractivity contribution < 1.29 is 5.11 Å². The highest BCUT2D eigenvalue weighted by Crippen LogP contribution is 2.25. The summed E-state index contributed by atoms with van der Waals surface area (Å²) in [7, 11) is 0. The zero-order valence-corrected chi connectivity index (χ0v) is 7.33. The van der Waals surface area contributed by atoms with E-state index in [1.807, 2.05) is 37.3 Å². The van der Waals surface area contributed by atoms with Gasteiger partial charge in [0, 0.05) is 0 Å². The topological polar surface area (TPSA) is 20.2 Å². The van der Waals surface area contributed by atoms with E-state index in [4.69, 9.17) is 0 Å². The molecule has 1 aromatic carbocycles. The fraction of sp³-hybridized carbons (Fsp3) is 0.273. The predicted molar refractivity (Wildman–Crippen MR) is 50.8 cm³/mol. The Bertz CT molecular complexity index is 253. The second kappa shape index (κ2) is 3.55. The summed E-state index contributed by atoms with van der Waals surface area (Å²) in [6.45, 7) is 5.57. The van der Waals surface area contributed by atoms with Gasteiger partial charge in [-0.2, -0.15) is 0 Å². The second-order valence-electron chi connectivity index (χ2n) is 2.85. The van der Waals surface area contributed by atoms with Crippen LogP contribution >= 0.6 is 0 Å². The first-order valence-electron chi connectivity index (χ1n) is 4.14. The molecule has 0 heterocycles. The van der Waals surface area contributed by atoms with Crippen molar-refractivity contribution in [3.8, 4) is 0 Å². The van der Waals surface area contributed by atoms with Gasteiger partial charge >= 0.3 is 0 Å². The van der Waals surface area contributed by atoms with Crippen LogP contribution in [-0.2, 0) is 5.60 Å². The molecule has 0 fully saturated rings. The fourth-order valence-corrected chi connectivity index (χ4v) is 1.19. The predicted octanol–water partition coefficient (Wildman–Crippen LogP) is 2.47. The quantitative estimate of drug-likeness (QED) is 0.677. The zero-order chi connectivity index (χ0) is 9.03. The summed E-state index contributed by atoms with van der Waals surface area (Å²) >= 11 is 0. The van der Waals surface area contributed by atoms with Crippen LogP contribution in [0.1, 0.15) is 18.9 Å². The van der Waals surface area contributed by atoms with Gasteiger partial charge in [0.05, 0.1) is 0 Å². The molecule has 0 aliphatic heterocycles. The third kappa shape index (κ3) is 1.56. The normalized spacial score (nSPS) is 15.2. The summed E-state index contributed by atoms with van der Waals surface area (Å²) < 4.78 is 0. The molecule has 1 unspecified atom stereocenters. The smallest absolute Gasteiger partial charge is 0.107 e. The SMILES string of the molecule is C=CC(O)(CC)c1ccccc1. The van der Waals surface area contributed by atoms with Gasteiger partial charge in [0.1, 0.15) is 5.60 Å². The van der Waals surface area contributed by atoms with Crippen LogP contribution in [0, 0.1) is 0 Å². The molecule has 0 aliphatic carbocycles. The van der Waals surface area contributed by atoms with E-state index >= 15 is 0 Å². The molecule has 0 amide bonds. The highest BCUT2D eigenvalue weighted by atomic mass is 16.3. The van der Waals surface area contributed by atoms with E-state index in [2.05, 4.69) is 6.58 Å². The molecule has 0 aromatic heterocycles. The summed E-state index contributed by atoms with van der Waals surface area (Å²) in [5.74, 6) is 0. The van der Waals surface area contributed by atoms with Crippen LogP contribution in [0.25, 0.3) is 0 Å². The molecule has 0 saturated heterocycles. The average molecular weight is 162 g/mol. The van der Waals surface area contributed by atoms with Crippen molar-refractivity contribution in [1.82, 2.24) is 0 Å². The monoisotopic (exact) mass is 162 g/mol. The van der Waals surface area contributed by atoms with Gasteiger partial charge < -0.3 is 5.11 Å². The molecule has 1 N–H and O–H groups in total. The molecule has 64 valence electrons. The van der Waals surface area contributed by atoms with Crippen LogP contribution < -0.4 is 0 Å². The van der Waals surface area contributed by atoms with E-state index in [9.17, 15) is 5.11 Å². The van der Waals surface area contributed by atoms with Crippen LogP contribution in [0.3, 0.4) is 0 Å².